The van der Waals surface area contributed by atoms with Crippen LogP contribution in [-0.4, -0.2) is 76.2 Å². The van der Waals surface area contributed by atoms with E-state index in [4.69, 9.17) is 21.7 Å². The summed E-state index contributed by atoms with van der Waals surface area (Å²) in [7, 11) is 0. The van der Waals surface area contributed by atoms with Gasteiger partial charge in [-0.1, -0.05) is 12.1 Å². The monoisotopic (exact) mass is 439 g/mol. The Morgan fingerprint density at radius 3 is 2.10 bits per heavy atom. The first-order valence-corrected chi connectivity index (χ1v) is 9.06. The summed E-state index contributed by atoms with van der Waals surface area (Å²) in [5.41, 5.74) is 10.9. The molecule has 13 nitrogen and oxygen atoms in total. The van der Waals surface area contributed by atoms with E-state index < -0.39 is 67.3 Å². The Bertz CT molecular complexity index is 814. The largest absolute Gasteiger partial charge is 0.508 e. The van der Waals surface area contributed by atoms with Gasteiger partial charge < -0.3 is 42.7 Å². The number of amides is 4. The van der Waals surface area contributed by atoms with E-state index in [1.807, 2.05) is 5.32 Å². The van der Waals surface area contributed by atoms with Crippen molar-refractivity contribution in [1.82, 2.24) is 16.0 Å². The molecule has 170 valence electrons. The standard InChI is InChI=1S/C18H25N5O8/c19-11(8-24)16(28)23-12(5-9-1-3-10(25)4-2-9)17(29)21-7-15(27)22-13(18(30)31)6-14(20)26/h1-4,11-13,24-25H,5-8,19H2,(H2,20,26)(H,21,29)(H,22,27)(H,23,28)(H,30,31). The van der Waals surface area contributed by atoms with E-state index >= 15 is 0 Å². The first-order valence-electron chi connectivity index (χ1n) is 9.06. The number of aromatic hydroxyl groups is 1. The van der Waals surface area contributed by atoms with Crippen LogP contribution in [0.1, 0.15) is 12.0 Å². The molecule has 3 unspecified atom stereocenters. The number of carbonyl (C=O) groups excluding carboxylic acids is 4. The van der Waals surface area contributed by atoms with Gasteiger partial charge >= 0.3 is 5.97 Å². The number of carbonyl (C=O) groups is 5. The van der Waals surface area contributed by atoms with Gasteiger partial charge in [0.05, 0.1) is 19.6 Å². The number of nitrogens with one attached hydrogen (secondary N) is 3. The summed E-state index contributed by atoms with van der Waals surface area (Å²) in [4.78, 5) is 58.4. The van der Waals surface area contributed by atoms with E-state index in [0.717, 1.165) is 0 Å². The zero-order valence-electron chi connectivity index (χ0n) is 16.4. The van der Waals surface area contributed by atoms with E-state index in [0.29, 0.717) is 5.56 Å². The molecule has 1 aromatic carbocycles. The maximum absolute atomic E-state index is 12.5. The normalized spacial score (nSPS) is 13.4. The Morgan fingerprint density at radius 2 is 1.58 bits per heavy atom. The highest BCUT2D eigenvalue weighted by Crippen LogP contribution is 2.11. The number of nitrogens with two attached hydrogens (primary N) is 2. The summed E-state index contributed by atoms with van der Waals surface area (Å²) in [5, 5.41) is 34.0. The minimum Gasteiger partial charge on any atom is -0.508 e. The molecule has 13 heteroatoms. The van der Waals surface area contributed by atoms with Crippen molar-refractivity contribution in [1.29, 1.82) is 0 Å². The molecule has 1 aromatic rings. The van der Waals surface area contributed by atoms with Gasteiger partial charge in [-0.2, -0.15) is 0 Å². The zero-order chi connectivity index (χ0) is 23.6. The van der Waals surface area contributed by atoms with Crippen LogP contribution in [0.5, 0.6) is 5.75 Å². The van der Waals surface area contributed by atoms with E-state index in [2.05, 4.69) is 10.6 Å². The summed E-state index contributed by atoms with van der Waals surface area (Å²) < 4.78 is 0. The van der Waals surface area contributed by atoms with E-state index in [1.54, 1.807) is 0 Å². The van der Waals surface area contributed by atoms with Crippen LogP contribution < -0.4 is 27.4 Å². The molecule has 1 rings (SSSR count). The van der Waals surface area contributed by atoms with Crippen molar-refractivity contribution in [2.24, 2.45) is 11.5 Å². The summed E-state index contributed by atoms with van der Waals surface area (Å²) in [6, 6.07) is 1.76. The van der Waals surface area contributed by atoms with Crippen LogP contribution >= 0.6 is 0 Å². The molecule has 0 aliphatic heterocycles. The fourth-order valence-corrected chi connectivity index (χ4v) is 2.38. The summed E-state index contributed by atoms with van der Waals surface area (Å²) in [6.07, 6.45) is -0.662. The number of phenolic OH excluding ortho intramolecular Hbond substituents is 1. The van der Waals surface area contributed by atoms with Gasteiger partial charge in [-0.3, -0.25) is 19.2 Å². The number of hydrogen-bond donors (Lipinski definition) is 8. The maximum Gasteiger partial charge on any atom is 0.326 e. The van der Waals surface area contributed by atoms with Crippen molar-refractivity contribution in [3.05, 3.63) is 29.8 Å². The van der Waals surface area contributed by atoms with Gasteiger partial charge in [0.1, 0.15) is 23.9 Å². The lowest BCUT2D eigenvalue weighted by atomic mass is 10.0. The van der Waals surface area contributed by atoms with Crippen molar-refractivity contribution < 1.29 is 39.3 Å². The number of hydrogen-bond acceptors (Lipinski definition) is 8. The van der Waals surface area contributed by atoms with Crippen LogP contribution in [0.25, 0.3) is 0 Å². The zero-order valence-corrected chi connectivity index (χ0v) is 16.4. The Labute approximate surface area is 176 Å². The number of aliphatic carboxylic acids is 1. The van der Waals surface area contributed by atoms with Crippen molar-refractivity contribution in [3.63, 3.8) is 0 Å². The van der Waals surface area contributed by atoms with E-state index in [9.17, 15) is 29.1 Å². The molecule has 4 amide bonds. The van der Waals surface area contributed by atoms with E-state index in [1.165, 1.54) is 24.3 Å². The van der Waals surface area contributed by atoms with Crippen LogP contribution in [-0.2, 0) is 30.4 Å². The van der Waals surface area contributed by atoms with Crippen LogP contribution in [0, 0.1) is 0 Å². The average Bonchev–Trinajstić information content (AvgIpc) is 2.71. The molecule has 0 bridgehead atoms. The topological polar surface area (TPSA) is 234 Å². The Hall–Kier alpha value is -3.71. The second-order valence-corrected chi connectivity index (χ2v) is 6.57. The number of carboxylic acids is 1. The van der Waals surface area contributed by atoms with Gasteiger partial charge in [0.25, 0.3) is 0 Å². The fourth-order valence-electron chi connectivity index (χ4n) is 2.38. The summed E-state index contributed by atoms with van der Waals surface area (Å²) in [5.74, 6) is -4.91. The number of benzene rings is 1. The van der Waals surface area contributed by atoms with Gasteiger partial charge in [-0.25, -0.2) is 4.79 Å². The smallest absolute Gasteiger partial charge is 0.326 e. The number of primary amides is 1. The number of aliphatic hydroxyl groups excluding tert-OH is 1. The Kier molecular flexibility index (Phi) is 9.88. The SMILES string of the molecule is NC(=O)CC(NC(=O)CNC(=O)C(Cc1ccc(O)cc1)NC(=O)C(N)CO)C(=O)O. The molecular weight excluding hydrogens is 414 g/mol. The number of rotatable bonds is 12. The minimum absolute atomic E-state index is 0.00305. The predicted octanol–water partition coefficient (Wildman–Crippen LogP) is -3.70. The summed E-state index contributed by atoms with van der Waals surface area (Å²) in [6.45, 7) is -1.30. The highest BCUT2D eigenvalue weighted by molar-refractivity contribution is 5.93. The van der Waals surface area contributed by atoms with Crippen molar-refractivity contribution in [3.8, 4) is 5.75 Å². The maximum atomic E-state index is 12.5. The van der Waals surface area contributed by atoms with Crippen LogP contribution in [0.4, 0.5) is 0 Å². The minimum atomic E-state index is -1.56. The third kappa shape index (κ3) is 9.10. The Balaban J connectivity index is 2.80. The molecule has 31 heavy (non-hydrogen) atoms. The lowest BCUT2D eigenvalue weighted by Crippen LogP contribution is -2.55. The van der Waals surface area contributed by atoms with Gasteiger partial charge in [-0.05, 0) is 17.7 Å². The van der Waals surface area contributed by atoms with E-state index in [-0.39, 0.29) is 12.2 Å². The molecule has 0 fully saturated rings. The van der Waals surface area contributed by atoms with Gasteiger partial charge in [-0.15, -0.1) is 0 Å². The highest BCUT2D eigenvalue weighted by Gasteiger charge is 2.26. The lowest BCUT2D eigenvalue weighted by molar-refractivity contribution is -0.143. The summed E-state index contributed by atoms with van der Waals surface area (Å²) >= 11 is 0. The molecule has 0 aliphatic carbocycles. The lowest BCUT2D eigenvalue weighted by Gasteiger charge is -2.20. The van der Waals surface area contributed by atoms with Crippen molar-refractivity contribution in [2.45, 2.75) is 31.0 Å². The second-order valence-electron chi connectivity index (χ2n) is 6.57. The van der Waals surface area contributed by atoms with Crippen LogP contribution in [0.3, 0.4) is 0 Å². The number of carboxylic acid groups (broad SMARTS) is 1. The van der Waals surface area contributed by atoms with Crippen LogP contribution in [0.2, 0.25) is 0 Å². The molecule has 0 spiro atoms. The molecule has 0 aliphatic rings. The van der Waals surface area contributed by atoms with Gasteiger partial charge in [0.15, 0.2) is 0 Å². The predicted molar refractivity (Wildman–Crippen MR) is 105 cm³/mol. The average molecular weight is 439 g/mol. The number of phenols is 1. The van der Waals surface area contributed by atoms with Gasteiger partial charge in [0.2, 0.25) is 23.6 Å². The third-order valence-electron chi connectivity index (χ3n) is 4.00. The van der Waals surface area contributed by atoms with Crippen molar-refractivity contribution in [2.75, 3.05) is 13.2 Å². The number of aliphatic hydroxyl groups is 1. The third-order valence-corrected chi connectivity index (χ3v) is 4.00. The second kappa shape index (κ2) is 12.1. The molecule has 0 heterocycles. The highest BCUT2D eigenvalue weighted by atomic mass is 16.4. The first-order chi connectivity index (χ1) is 14.5. The van der Waals surface area contributed by atoms with Gasteiger partial charge in [0, 0.05) is 6.42 Å². The van der Waals surface area contributed by atoms with Crippen molar-refractivity contribution >= 4 is 29.6 Å². The Morgan fingerprint density at radius 1 is 0.968 bits per heavy atom. The first kappa shape index (κ1) is 25.3. The molecule has 3 atom stereocenters. The molecule has 0 radical (unpaired) electrons. The molecule has 0 saturated carbocycles. The quantitative estimate of drug-likeness (QED) is 0.160. The molecule has 0 aromatic heterocycles. The molecular formula is C18H25N5O8. The molecule has 0 saturated heterocycles. The molecule has 10 N–H and O–H groups in total. The van der Waals surface area contributed by atoms with Crippen LogP contribution in [0.15, 0.2) is 24.3 Å². The fraction of sp³-hybridized carbons (Fsp3) is 0.389.